The van der Waals surface area contributed by atoms with Gasteiger partial charge in [0.25, 0.3) is 0 Å². The molecule has 0 saturated heterocycles. The summed E-state index contributed by atoms with van der Waals surface area (Å²) in [7, 11) is 0. The Kier molecular flexibility index (Phi) is 3.14. The molecule has 0 aliphatic heterocycles. The summed E-state index contributed by atoms with van der Waals surface area (Å²) in [5.74, 6) is -1.05. The van der Waals surface area contributed by atoms with E-state index < -0.39 is 10.8 Å². The average Bonchev–Trinajstić information content (AvgIpc) is 2.32. The molecule has 0 aliphatic carbocycles. The minimum atomic E-state index is -1.05. The van der Waals surface area contributed by atoms with Gasteiger partial charge in [-0.25, -0.2) is 0 Å². The normalized spacial score (nSPS) is 12.9. The first kappa shape index (κ1) is 10.0. The Balaban J connectivity index is 3.03. The average molecular weight is 319 g/mol. The lowest BCUT2D eigenvalue weighted by molar-refractivity contribution is -0.136. The second-order valence-corrected chi connectivity index (χ2v) is 3.91. The van der Waals surface area contributed by atoms with E-state index in [2.05, 4.69) is 41.5 Å². The number of alkyl halides is 1. The van der Waals surface area contributed by atoms with E-state index in [0.717, 1.165) is 0 Å². The van der Waals surface area contributed by atoms with Crippen LogP contribution in [0.4, 0.5) is 0 Å². The number of hydrogen-bond donors (Lipinski definition) is 1. The van der Waals surface area contributed by atoms with Crippen molar-refractivity contribution < 1.29 is 14.4 Å². The quantitative estimate of drug-likeness (QED) is 0.851. The van der Waals surface area contributed by atoms with Crippen LogP contribution in [0.1, 0.15) is 10.5 Å². The second kappa shape index (κ2) is 3.76. The molecule has 1 aromatic heterocycles. The molecule has 0 saturated carbocycles. The molecule has 0 spiro atoms. The molecule has 1 unspecified atom stereocenters. The molecule has 0 radical (unpaired) electrons. The number of halogens is 3. The zero-order valence-corrected chi connectivity index (χ0v) is 9.35. The summed E-state index contributed by atoms with van der Waals surface area (Å²) in [5.41, 5.74) is 0.215. The van der Waals surface area contributed by atoms with Crippen LogP contribution in [0.25, 0.3) is 0 Å². The van der Waals surface area contributed by atoms with Crippen LogP contribution < -0.4 is 0 Å². The molecule has 7 heteroatoms. The van der Waals surface area contributed by atoms with Crippen molar-refractivity contribution in [3.8, 4) is 0 Å². The zero-order valence-electron chi connectivity index (χ0n) is 5.42. The Morgan fingerprint density at radius 3 is 2.67 bits per heavy atom. The maximum atomic E-state index is 10.5. The first-order valence-corrected chi connectivity index (χ1v) is 4.80. The van der Waals surface area contributed by atoms with Gasteiger partial charge in [-0.05, 0) is 27.5 Å². The van der Waals surface area contributed by atoms with Crippen LogP contribution in [0.3, 0.4) is 0 Å². The van der Waals surface area contributed by atoms with E-state index in [1.807, 2.05) is 0 Å². The molecule has 0 amide bonds. The van der Waals surface area contributed by atoms with Gasteiger partial charge in [0.15, 0.2) is 4.83 Å². The highest BCUT2D eigenvalue weighted by Gasteiger charge is 2.24. The van der Waals surface area contributed by atoms with E-state index in [1.54, 1.807) is 0 Å². The molecule has 0 fully saturated rings. The smallest absolute Gasteiger partial charge is 0.323 e. The first-order chi connectivity index (χ1) is 5.54. The van der Waals surface area contributed by atoms with Crippen molar-refractivity contribution in [1.82, 2.24) is 5.16 Å². The maximum Gasteiger partial charge on any atom is 0.323 e. The summed E-state index contributed by atoms with van der Waals surface area (Å²) in [6.07, 6.45) is 0. The van der Waals surface area contributed by atoms with Crippen molar-refractivity contribution in [3.63, 3.8) is 0 Å². The number of nitrogens with zero attached hydrogens (tertiary/aromatic N) is 1. The molecule has 1 heterocycles. The molecule has 1 rings (SSSR count). The lowest BCUT2D eigenvalue weighted by Gasteiger charge is -1.97. The van der Waals surface area contributed by atoms with Gasteiger partial charge in [-0.15, -0.1) is 0 Å². The lowest BCUT2D eigenvalue weighted by Crippen LogP contribution is -2.04. The number of hydrogen-bond acceptors (Lipinski definition) is 3. The number of rotatable bonds is 2. The third kappa shape index (κ3) is 1.81. The summed E-state index contributed by atoms with van der Waals surface area (Å²) < 4.78 is 4.90. The number of aromatic nitrogens is 1. The van der Waals surface area contributed by atoms with E-state index >= 15 is 0 Å². The fraction of sp³-hybridized carbons (Fsp3) is 0.200. The van der Waals surface area contributed by atoms with E-state index in [4.69, 9.17) is 16.7 Å². The molecular weight excluding hydrogens is 317 g/mol. The summed E-state index contributed by atoms with van der Waals surface area (Å²) in [6.45, 7) is 0. The molecule has 66 valence electrons. The van der Waals surface area contributed by atoms with Crippen molar-refractivity contribution >= 4 is 49.4 Å². The fourth-order valence-corrected chi connectivity index (χ4v) is 1.67. The second-order valence-electron chi connectivity index (χ2n) is 1.86. The van der Waals surface area contributed by atoms with Gasteiger partial charge in [-0.3, -0.25) is 4.79 Å². The van der Waals surface area contributed by atoms with E-state index in [-0.39, 0.29) is 10.9 Å². The Morgan fingerprint density at radius 1 is 1.75 bits per heavy atom. The van der Waals surface area contributed by atoms with Crippen molar-refractivity contribution in [2.45, 2.75) is 4.83 Å². The molecule has 1 aromatic rings. The van der Waals surface area contributed by atoms with Gasteiger partial charge in [-0.1, -0.05) is 21.1 Å². The molecule has 0 bridgehead atoms. The van der Waals surface area contributed by atoms with Crippen LogP contribution in [0, 0.1) is 0 Å². The SMILES string of the molecule is O=C(O)C(Br)c1noc(Cl)c1Br. The minimum absolute atomic E-state index is 0.0377. The molecule has 0 aromatic carbocycles. The first-order valence-electron chi connectivity index (χ1n) is 2.71. The van der Waals surface area contributed by atoms with Crippen molar-refractivity contribution in [2.24, 2.45) is 0 Å². The summed E-state index contributed by atoms with van der Waals surface area (Å²) in [4.78, 5) is 9.55. The van der Waals surface area contributed by atoms with E-state index in [1.165, 1.54) is 0 Å². The number of carboxylic acids is 1. The van der Waals surface area contributed by atoms with Crippen LogP contribution in [-0.2, 0) is 4.79 Å². The topological polar surface area (TPSA) is 63.3 Å². The molecule has 4 nitrogen and oxygen atoms in total. The highest BCUT2D eigenvalue weighted by Crippen LogP contribution is 2.33. The van der Waals surface area contributed by atoms with Crippen LogP contribution in [0.5, 0.6) is 0 Å². The van der Waals surface area contributed by atoms with Crippen molar-refractivity contribution in [3.05, 3.63) is 15.4 Å². The van der Waals surface area contributed by atoms with E-state index in [0.29, 0.717) is 4.47 Å². The van der Waals surface area contributed by atoms with Gasteiger partial charge in [0.1, 0.15) is 10.2 Å². The van der Waals surface area contributed by atoms with Gasteiger partial charge < -0.3 is 9.63 Å². The van der Waals surface area contributed by atoms with Gasteiger partial charge in [0, 0.05) is 0 Å². The van der Waals surface area contributed by atoms with Crippen molar-refractivity contribution in [2.75, 3.05) is 0 Å². The van der Waals surface area contributed by atoms with Crippen LogP contribution >= 0.6 is 43.5 Å². The Bertz CT molecular complexity index is 314. The third-order valence-electron chi connectivity index (χ3n) is 1.08. The minimum Gasteiger partial charge on any atom is -0.480 e. The molecule has 1 atom stereocenters. The molecule has 0 aliphatic rings. The number of aliphatic carboxylic acids is 1. The third-order valence-corrected chi connectivity index (χ3v) is 3.16. The van der Waals surface area contributed by atoms with Crippen molar-refractivity contribution in [1.29, 1.82) is 0 Å². The highest BCUT2D eigenvalue weighted by atomic mass is 79.9. The predicted octanol–water partition coefficient (Wildman–Crippen LogP) is 2.61. The predicted molar refractivity (Wildman–Crippen MR) is 48.5 cm³/mol. The molecule has 12 heavy (non-hydrogen) atoms. The van der Waals surface area contributed by atoms with Crippen LogP contribution in [0.15, 0.2) is 9.00 Å². The van der Waals surface area contributed by atoms with Crippen LogP contribution in [0.2, 0.25) is 5.22 Å². The molecule has 1 N–H and O–H groups in total. The largest absolute Gasteiger partial charge is 0.480 e. The van der Waals surface area contributed by atoms with Crippen LogP contribution in [-0.4, -0.2) is 16.2 Å². The monoisotopic (exact) mass is 317 g/mol. The summed E-state index contributed by atoms with van der Waals surface area (Å²) in [6, 6.07) is 0. The fourth-order valence-electron chi connectivity index (χ4n) is 0.545. The maximum absolute atomic E-state index is 10.5. The summed E-state index contributed by atoms with van der Waals surface area (Å²) in [5, 5.41) is 12.1. The van der Waals surface area contributed by atoms with Gasteiger partial charge in [-0.2, -0.15) is 0 Å². The van der Waals surface area contributed by atoms with Gasteiger partial charge in [0.05, 0.1) is 0 Å². The standard InChI is InChI=1S/C5H2Br2ClNO3/c6-1-3(2(7)5(10)11)9-12-4(1)8/h2H,(H,10,11). The number of carbonyl (C=O) groups is 1. The van der Waals surface area contributed by atoms with Gasteiger partial charge in [0.2, 0.25) is 5.22 Å². The highest BCUT2D eigenvalue weighted by molar-refractivity contribution is 9.11. The lowest BCUT2D eigenvalue weighted by atomic mass is 10.3. The van der Waals surface area contributed by atoms with E-state index in [9.17, 15) is 4.79 Å². The zero-order chi connectivity index (χ0) is 9.30. The summed E-state index contributed by atoms with van der Waals surface area (Å²) >= 11 is 11.4. The Morgan fingerprint density at radius 2 is 2.33 bits per heavy atom. The Hall–Kier alpha value is -0.0700. The van der Waals surface area contributed by atoms with Gasteiger partial charge >= 0.3 is 5.97 Å². The molecular formula is C5H2Br2ClNO3. The Labute approximate surface area is 89.1 Å². The number of carboxylic acid groups (broad SMARTS) is 1.